The smallest absolute Gasteiger partial charge is 0.0498 e. The molecular weight excluding hydrogens is 258 g/mol. The summed E-state index contributed by atoms with van der Waals surface area (Å²) < 4.78 is 11.3. The molecule has 1 aliphatic heterocycles. The van der Waals surface area contributed by atoms with Gasteiger partial charge in [-0.3, -0.25) is 9.11 Å². The molecule has 3 nitrogen and oxygen atoms in total. The Bertz CT molecular complexity index is 419. The highest BCUT2D eigenvalue weighted by Crippen LogP contribution is 2.23. The molecule has 1 aromatic rings. The summed E-state index contributed by atoms with van der Waals surface area (Å²) in [5.74, 6) is 0. The first-order valence-electron chi connectivity index (χ1n) is 6.98. The van der Waals surface area contributed by atoms with Crippen molar-refractivity contribution in [3.05, 3.63) is 29.8 Å². The zero-order valence-corrected chi connectivity index (χ0v) is 12.4. The number of benzene rings is 1. The third-order valence-electron chi connectivity index (χ3n) is 3.84. The molecular formula is C15H23NO2S. The van der Waals surface area contributed by atoms with E-state index in [1.807, 2.05) is 12.1 Å². The van der Waals surface area contributed by atoms with Crippen LogP contribution in [-0.4, -0.2) is 39.7 Å². The van der Waals surface area contributed by atoms with Gasteiger partial charge in [-0.1, -0.05) is 12.1 Å². The van der Waals surface area contributed by atoms with E-state index in [4.69, 9.17) is 5.11 Å². The summed E-state index contributed by atoms with van der Waals surface area (Å²) >= 11 is 0. The topological polar surface area (TPSA) is 40.5 Å². The van der Waals surface area contributed by atoms with Crippen LogP contribution in [0.2, 0.25) is 0 Å². The molecule has 0 radical (unpaired) electrons. The molecule has 4 heteroatoms. The zero-order valence-electron chi connectivity index (χ0n) is 11.5. The van der Waals surface area contributed by atoms with Gasteiger partial charge in [-0.2, -0.15) is 0 Å². The van der Waals surface area contributed by atoms with Gasteiger partial charge < -0.3 is 5.11 Å². The van der Waals surface area contributed by atoms with Gasteiger partial charge in [0.2, 0.25) is 0 Å². The average molecular weight is 281 g/mol. The number of nitrogens with zero attached hydrogens (tertiary/aromatic N) is 1. The Labute approximate surface area is 118 Å². The van der Waals surface area contributed by atoms with Crippen LogP contribution in [0.3, 0.4) is 0 Å². The third kappa shape index (κ3) is 4.13. The molecule has 19 heavy (non-hydrogen) atoms. The molecule has 106 valence electrons. The lowest BCUT2D eigenvalue weighted by Gasteiger charge is -2.24. The molecule has 2 rings (SSSR count). The SMILES string of the molecule is CS(=O)c1ccc(CN2CCCC2CCCO)cc1. The quantitative estimate of drug-likeness (QED) is 0.868. The molecule has 1 aliphatic rings. The fraction of sp³-hybridized carbons (Fsp3) is 0.600. The molecule has 1 N–H and O–H groups in total. The molecule has 0 aliphatic carbocycles. The van der Waals surface area contributed by atoms with Gasteiger partial charge in [-0.25, -0.2) is 0 Å². The normalized spacial score (nSPS) is 21.7. The van der Waals surface area contributed by atoms with E-state index < -0.39 is 10.8 Å². The van der Waals surface area contributed by atoms with Crippen molar-refractivity contribution in [3.63, 3.8) is 0 Å². The lowest BCUT2D eigenvalue weighted by atomic mass is 10.1. The second-order valence-electron chi connectivity index (χ2n) is 5.23. The van der Waals surface area contributed by atoms with Gasteiger partial charge >= 0.3 is 0 Å². The van der Waals surface area contributed by atoms with Crippen molar-refractivity contribution in [2.75, 3.05) is 19.4 Å². The fourth-order valence-electron chi connectivity index (χ4n) is 2.78. The van der Waals surface area contributed by atoms with Gasteiger partial charge in [0.05, 0.1) is 0 Å². The first kappa shape index (κ1) is 14.7. The van der Waals surface area contributed by atoms with Crippen LogP contribution in [-0.2, 0) is 17.3 Å². The molecule has 1 saturated heterocycles. The second kappa shape index (κ2) is 7.17. The predicted molar refractivity (Wildman–Crippen MR) is 78.5 cm³/mol. The van der Waals surface area contributed by atoms with Crippen molar-refractivity contribution in [1.82, 2.24) is 4.90 Å². The Balaban J connectivity index is 1.94. The Morgan fingerprint density at radius 2 is 2.11 bits per heavy atom. The van der Waals surface area contributed by atoms with Crippen molar-refractivity contribution < 1.29 is 9.32 Å². The summed E-state index contributed by atoms with van der Waals surface area (Å²) in [5.41, 5.74) is 1.28. The van der Waals surface area contributed by atoms with Crippen LogP contribution in [0, 0.1) is 0 Å². The highest BCUT2D eigenvalue weighted by atomic mass is 32.2. The van der Waals surface area contributed by atoms with Crippen LogP contribution >= 0.6 is 0 Å². The van der Waals surface area contributed by atoms with Crippen LogP contribution in [0.4, 0.5) is 0 Å². The lowest BCUT2D eigenvalue weighted by Crippen LogP contribution is -2.29. The van der Waals surface area contributed by atoms with E-state index >= 15 is 0 Å². The molecule has 1 fully saturated rings. The van der Waals surface area contributed by atoms with Gasteiger partial charge in [0, 0.05) is 41.1 Å². The Kier molecular flexibility index (Phi) is 5.55. The third-order valence-corrected chi connectivity index (χ3v) is 4.77. The van der Waals surface area contributed by atoms with Crippen LogP contribution in [0.15, 0.2) is 29.2 Å². The molecule has 0 spiro atoms. The first-order chi connectivity index (χ1) is 9.20. The molecule has 2 atom stereocenters. The molecule has 0 amide bonds. The number of hydrogen-bond acceptors (Lipinski definition) is 3. The van der Waals surface area contributed by atoms with E-state index in [0.29, 0.717) is 12.6 Å². The molecule has 1 heterocycles. The fourth-order valence-corrected chi connectivity index (χ4v) is 3.30. The van der Waals surface area contributed by atoms with Gasteiger partial charge in [0.25, 0.3) is 0 Å². The Morgan fingerprint density at radius 3 is 2.74 bits per heavy atom. The Morgan fingerprint density at radius 1 is 1.37 bits per heavy atom. The van der Waals surface area contributed by atoms with Crippen molar-refractivity contribution in [3.8, 4) is 0 Å². The van der Waals surface area contributed by atoms with E-state index in [9.17, 15) is 4.21 Å². The molecule has 0 bridgehead atoms. The van der Waals surface area contributed by atoms with Crippen molar-refractivity contribution in [1.29, 1.82) is 0 Å². The minimum atomic E-state index is -0.894. The summed E-state index contributed by atoms with van der Waals surface area (Å²) in [6.45, 7) is 2.41. The maximum absolute atomic E-state index is 11.3. The summed E-state index contributed by atoms with van der Waals surface area (Å²) in [5, 5.41) is 8.94. The van der Waals surface area contributed by atoms with E-state index in [1.54, 1.807) is 6.26 Å². The maximum atomic E-state index is 11.3. The maximum Gasteiger partial charge on any atom is 0.0498 e. The van der Waals surface area contributed by atoms with Gasteiger partial charge in [0.15, 0.2) is 0 Å². The van der Waals surface area contributed by atoms with Crippen LogP contribution < -0.4 is 0 Å². The molecule has 0 aromatic heterocycles. The highest BCUT2D eigenvalue weighted by Gasteiger charge is 2.23. The summed E-state index contributed by atoms with van der Waals surface area (Å²) in [4.78, 5) is 3.40. The molecule has 0 saturated carbocycles. The van der Waals surface area contributed by atoms with Crippen LogP contribution in [0.5, 0.6) is 0 Å². The second-order valence-corrected chi connectivity index (χ2v) is 6.61. The summed E-state index contributed by atoms with van der Waals surface area (Å²) in [6, 6.07) is 8.71. The minimum absolute atomic E-state index is 0.293. The highest BCUT2D eigenvalue weighted by molar-refractivity contribution is 7.84. The number of likely N-dealkylation sites (tertiary alicyclic amines) is 1. The van der Waals surface area contributed by atoms with Crippen LogP contribution in [0.1, 0.15) is 31.2 Å². The lowest BCUT2D eigenvalue weighted by molar-refractivity contribution is 0.210. The zero-order chi connectivity index (χ0) is 13.7. The number of aliphatic hydroxyl groups excluding tert-OH is 1. The average Bonchev–Trinajstić information content (AvgIpc) is 2.84. The monoisotopic (exact) mass is 281 g/mol. The van der Waals surface area contributed by atoms with Gasteiger partial charge in [-0.05, 0) is 49.9 Å². The number of rotatable bonds is 6. The van der Waals surface area contributed by atoms with E-state index in [0.717, 1.165) is 30.8 Å². The van der Waals surface area contributed by atoms with Crippen molar-refractivity contribution >= 4 is 10.8 Å². The first-order valence-corrected chi connectivity index (χ1v) is 8.54. The Hall–Kier alpha value is -0.710. The number of hydrogen-bond donors (Lipinski definition) is 1. The predicted octanol–water partition coefficient (Wildman–Crippen LogP) is 2.16. The van der Waals surface area contributed by atoms with Crippen molar-refractivity contribution in [2.45, 2.75) is 43.2 Å². The largest absolute Gasteiger partial charge is 0.396 e. The number of aliphatic hydroxyl groups is 1. The molecule has 1 aromatic carbocycles. The summed E-state index contributed by atoms with van der Waals surface area (Å²) in [7, 11) is -0.894. The van der Waals surface area contributed by atoms with E-state index in [2.05, 4.69) is 17.0 Å². The molecule has 2 unspecified atom stereocenters. The van der Waals surface area contributed by atoms with Gasteiger partial charge in [0.1, 0.15) is 0 Å². The standard InChI is InChI=1S/C15H23NO2S/c1-19(18)15-8-6-13(7-9-15)12-16-10-2-4-14(16)5-3-11-17/h6-9,14,17H,2-5,10-12H2,1H3. The van der Waals surface area contributed by atoms with E-state index in [1.165, 1.54) is 18.4 Å². The minimum Gasteiger partial charge on any atom is -0.396 e. The van der Waals surface area contributed by atoms with Crippen LogP contribution in [0.25, 0.3) is 0 Å². The van der Waals surface area contributed by atoms with E-state index in [-0.39, 0.29) is 0 Å². The van der Waals surface area contributed by atoms with Gasteiger partial charge in [-0.15, -0.1) is 0 Å². The van der Waals surface area contributed by atoms with Crippen molar-refractivity contribution in [2.24, 2.45) is 0 Å². The summed E-state index contributed by atoms with van der Waals surface area (Å²) in [6.07, 6.45) is 6.20.